The molecule has 0 amide bonds. The first kappa shape index (κ1) is 16.4. The maximum atomic E-state index is 12.1. The first-order chi connectivity index (χ1) is 8.93. The molecule has 0 spiro atoms. The third-order valence-corrected chi connectivity index (χ3v) is 3.36. The summed E-state index contributed by atoms with van der Waals surface area (Å²) in [5.41, 5.74) is 0. The summed E-state index contributed by atoms with van der Waals surface area (Å²) in [5, 5.41) is 0. The average molecular weight is 270 g/mol. The summed E-state index contributed by atoms with van der Waals surface area (Å²) in [6, 6.07) is -0.0881. The van der Waals surface area contributed by atoms with E-state index in [0.717, 1.165) is 32.7 Å². The van der Waals surface area contributed by atoms with Gasteiger partial charge in [-0.25, -0.2) is 0 Å². The lowest BCUT2D eigenvalue weighted by atomic mass is 10.1. The van der Waals surface area contributed by atoms with E-state index in [1.165, 1.54) is 0 Å². The zero-order chi connectivity index (χ0) is 14.4. The van der Waals surface area contributed by atoms with Crippen LogP contribution in [0, 0.1) is 11.8 Å². The van der Waals surface area contributed by atoms with Crippen LogP contribution in [0.25, 0.3) is 0 Å². The predicted molar refractivity (Wildman–Crippen MR) is 78.1 cm³/mol. The molecule has 0 saturated carbocycles. The minimum atomic E-state index is -0.0881. The fourth-order valence-electron chi connectivity index (χ4n) is 2.71. The second-order valence-corrected chi connectivity index (χ2v) is 6.31. The van der Waals surface area contributed by atoms with Crippen molar-refractivity contribution in [2.24, 2.45) is 11.8 Å². The minimum Gasteiger partial charge on any atom is -0.465 e. The molecule has 0 bridgehead atoms. The van der Waals surface area contributed by atoms with Crippen LogP contribution < -0.4 is 0 Å². The van der Waals surface area contributed by atoms with E-state index in [-0.39, 0.29) is 12.0 Å². The molecule has 0 N–H and O–H groups in total. The molecule has 0 unspecified atom stereocenters. The van der Waals surface area contributed by atoms with Gasteiger partial charge in [-0.1, -0.05) is 27.7 Å². The number of hydrogen-bond donors (Lipinski definition) is 0. The van der Waals surface area contributed by atoms with Crippen molar-refractivity contribution in [1.82, 2.24) is 9.80 Å². The van der Waals surface area contributed by atoms with Crippen molar-refractivity contribution >= 4 is 5.97 Å². The fourth-order valence-corrected chi connectivity index (χ4v) is 2.71. The number of nitrogens with zero attached hydrogens (tertiary/aromatic N) is 2. The minimum absolute atomic E-state index is 0.0587. The SMILES string of the molecule is CCOC(=O)[C@@H]1CN(CC(C)C)CCN1CC(C)C. The molecule has 1 atom stereocenters. The van der Waals surface area contributed by atoms with Crippen LogP contribution in [0.5, 0.6) is 0 Å². The van der Waals surface area contributed by atoms with Crippen molar-refractivity contribution in [3.8, 4) is 0 Å². The van der Waals surface area contributed by atoms with Gasteiger partial charge in [-0.2, -0.15) is 0 Å². The van der Waals surface area contributed by atoms with Crippen LogP contribution in [0.4, 0.5) is 0 Å². The third-order valence-electron chi connectivity index (χ3n) is 3.36. The molecule has 19 heavy (non-hydrogen) atoms. The topological polar surface area (TPSA) is 32.8 Å². The van der Waals surface area contributed by atoms with Gasteiger partial charge in [0.25, 0.3) is 0 Å². The first-order valence-corrected chi connectivity index (χ1v) is 7.57. The first-order valence-electron chi connectivity index (χ1n) is 7.57. The summed E-state index contributed by atoms with van der Waals surface area (Å²) in [6.07, 6.45) is 0. The molecule has 1 aliphatic rings. The van der Waals surface area contributed by atoms with Gasteiger partial charge in [-0.15, -0.1) is 0 Å². The standard InChI is InChI=1S/C15H30N2O2/c1-6-19-15(18)14-11-16(9-12(2)3)7-8-17(14)10-13(4)5/h12-14H,6-11H2,1-5H3/t14-/m0/s1. The molecule has 0 aromatic carbocycles. The smallest absolute Gasteiger partial charge is 0.324 e. The average Bonchev–Trinajstić information content (AvgIpc) is 2.30. The maximum absolute atomic E-state index is 12.1. The summed E-state index contributed by atoms with van der Waals surface area (Å²) < 4.78 is 5.24. The van der Waals surface area contributed by atoms with Crippen molar-refractivity contribution in [2.45, 2.75) is 40.7 Å². The Hall–Kier alpha value is -0.610. The second kappa shape index (κ2) is 7.85. The van der Waals surface area contributed by atoms with Crippen LogP contribution in [0.1, 0.15) is 34.6 Å². The summed E-state index contributed by atoms with van der Waals surface area (Å²) in [7, 11) is 0. The Morgan fingerprint density at radius 3 is 2.32 bits per heavy atom. The van der Waals surface area contributed by atoms with Gasteiger partial charge in [0.05, 0.1) is 6.61 Å². The number of esters is 1. The normalized spacial score (nSPS) is 22.2. The Morgan fingerprint density at radius 1 is 1.16 bits per heavy atom. The Kier molecular flexibility index (Phi) is 6.80. The number of carbonyl (C=O) groups excluding carboxylic acids is 1. The van der Waals surface area contributed by atoms with Gasteiger partial charge in [0, 0.05) is 32.7 Å². The fraction of sp³-hybridized carbons (Fsp3) is 0.933. The number of hydrogen-bond acceptors (Lipinski definition) is 4. The van der Waals surface area contributed by atoms with Crippen molar-refractivity contribution in [2.75, 3.05) is 39.3 Å². The van der Waals surface area contributed by atoms with Gasteiger partial charge < -0.3 is 4.74 Å². The van der Waals surface area contributed by atoms with Gasteiger partial charge in [0.15, 0.2) is 0 Å². The van der Waals surface area contributed by atoms with Gasteiger partial charge in [0.2, 0.25) is 0 Å². The Labute approximate surface area is 118 Å². The molecule has 1 saturated heterocycles. The third kappa shape index (κ3) is 5.49. The van der Waals surface area contributed by atoms with Crippen LogP contribution in [-0.2, 0) is 9.53 Å². The molecule has 0 radical (unpaired) electrons. The molecule has 0 aromatic heterocycles. The highest BCUT2D eigenvalue weighted by Gasteiger charge is 2.33. The molecule has 1 fully saturated rings. The van der Waals surface area contributed by atoms with E-state index >= 15 is 0 Å². The monoisotopic (exact) mass is 270 g/mol. The van der Waals surface area contributed by atoms with E-state index in [2.05, 4.69) is 37.5 Å². The lowest BCUT2D eigenvalue weighted by Crippen LogP contribution is -2.58. The van der Waals surface area contributed by atoms with Gasteiger partial charge >= 0.3 is 5.97 Å². The number of carbonyl (C=O) groups is 1. The van der Waals surface area contributed by atoms with Crippen molar-refractivity contribution < 1.29 is 9.53 Å². The zero-order valence-corrected chi connectivity index (χ0v) is 13.2. The highest BCUT2D eigenvalue weighted by molar-refractivity contribution is 5.76. The lowest BCUT2D eigenvalue weighted by molar-refractivity contribution is -0.152. The molecule has 4 heteroatoms. The number of piperazine rings is 1. The van der Waals surface area contributed by atoms with E-state index < -0.39 is 0 Å². The molecule has 0 aromatic rings. The Bertz CT molecular complexity index is 279. The van der Waals surface area contributed by atoms with E-state index in [4.69, 9.17) is 4.74 Å². The lowest BCUT2D eigenvalue weighted by Gasteiger charge is -2.41. The van der Waals surface area contributed by atoms with E-state index in [1.807, 2.05) is 6.92 Å². The molecular weight excluding hydrogens is 240 g/mol. The molecule has 112 valence electrons. The van der Waals surface area contributed by atoms with Crippen molar-refractivity contribution in [3.63, 3.8) is 0 Å². The highest BCUT2D eigenvalue weighted by Crippen LogP contribution is 2.15. The molecule has 0 aliphatic carbocycles. The van der Waals surface area contributed by atoms with E-state index in [0.29, 0.717) is 18.4 Å². The van der Waals surface area contributed by atoms with Crippen LogP contribution in [0.2, 0.25) is 0 Å². The maximum Gasteiger partial charge on any atom is 0.324 e. The Morgan fingerprint density at radius 2 is 1.79 bits per heavy atom. The summed E-state index contributed by atoms with van der Waals surface area (Å²) in [4.78, 5) is 16.8. The quantitative estimate of drug-likeness (QED) is 0.690. The van der Waals surface area contributed by atoms with Crippen molar-refractivity contribution in [1.29, 1.82) is 0 Å². The molecule has 1 rings (SSSR count). The van der Waals surface area contributed by atoms with Gasteiger partial charge in [0.1, 0.15) is 6.04 Å². The predicted octanol–water partition coefficient (Wildman–Crippen LogP) is 1.85. The zero-order valence-electron chi connectivity index (χ0n) is 13.2. The van der Waals surface area contributed by atoms with Crippen LogP contribution in [0.15, 0.2) is 0 Å². The number of ether oxygens (including phenoxy) is 1. The largest absolute Gasteiger partial charge is 0.465 e. The van der Waals surface area contributed by atoms with Gasteiger partial charge in [-0.05, 0) is 18.8 Å². The van der Waals surface area contributed by atoms with Crippen LogP contribution in [-0.4, -0.2) is 61.1 Å². The Balaban J connectivity index is 2.65. The molecule has 1 heterocycles. The van der Waals surface area contributed by atoms with Crippen LogP contribution >= 0.6 is 0 Å². The van der Waals surface area contributed by atoms with E-state index in [1.54, 1.807) is 0 Å². The molecular formula is C15H30N2O2. The van der Waals surface area contributed by atoms with Gasteiger partial charge in [-0.3, -0.25) is 14.6 Å². The van der Waals surface area contributed by atoms with Crippen LogP contribution in [0.3, 0.4) is 0 Å². The van der Waals surface area contributed by atoms with Crippen molar-refractivity contribution in [3.05, 3.63) is 0 Å². The highest BCUT2D eigenvalue weighted by atomic mass is 16.5. The molecule has 1 aliphatic heterocycles. The summed E-state index contributed by atoms with van der Waals surface area (Å²) >= 11 is 0. The molecule has 4 nitrogen and oxygen atoms in total. The second-order valence-electron chi connectivity index (χ2n) is 6.31. The summed E-state index contributed by atoms with van der Waals surface area (Å²) in [6.45, 7) is 16.0. The number of rotatable bonds is 6. The summed E-state index contributed by atoms with van der Waals surface area (Å²) in [5.74, 6) is 1.16. The van der Waals surface area contributed by atoms with E-state index in [9.17, 15) is 4.79 Å².